The Bertz CT molecular complexity index is 984. The molecule has 0 aromatic carbocycles. The molecule has 1 saturated heterocycles. The fraction of sp³-hybridized carbons (Fsp3) is 0.522. The lowest BCUT2D eigenvalue weighted by Gasteiger charge is -2.28. The van der Waals surface area contributed by atoms with Crippen LogP contribution in [0.2, 0.25) is 0 Å². The SMILES string of the molecule is C=CC(=O)N1CCC(Cn2c(C3CCC3)cnc2/C(=C\C)Nc2cn(C)nc2OC)C1. The van der Waals surface area contributed by atoms with Crippen LogP contribution in [-0.2, 0) is 18.4 Å². The first-order chi connectivity index (χ1) is 15.0. The van der Waals surface area contributed by atoms with E-state index in [0.29, 0.717) is 17.7 Å². The normalized spacial score (nSPS) is 19.4. The summed E-state index contributed by atoms with van der Waals surface area (Å²) in [5.41, 5.74) is 3.03. The zero-order valence-corrected chi connectivity index (χ0v) is 18.7. The van der Waals surface area contributed by atoms with E-state index in [1.807, 2.05) is 37.3 Å². The highest BCUT2D eigenvalue weighted by atomic mass is 16.5. The molecule has 4 rings (SSSR count). The van der Waals surface area contributed by atoms with Gasteiger partial charge in [-0.2, -0.15) is 0 Å². The van der Waals surface area contributed by atoms with Crippen LogP contribution in [0.15, 0.2) is 31.1 Å². The van der Waals surface area contributed by atoms with Crippen molar-refractivity contribution in [2.75, 3.05) is 25.5 Å². The first-order valence-electron chi connectivity index (χ1n) is 11.0. The summed E-state index contributed by atoms with van der Waals surface area (Å²) in [4.78, 5) is 18.8. The lowest BCUT2D eigenvalue weighted by molar-refractivity contribution is -0.125. The Labute approximate surface area is 183 Å². The number of imidazole rings is 1. The molecule has 0 bridgehead atoms. The van der Waals surface area contributed by atoms with Gasteiger partial charge in [0.25, 0.3) is 5.88 Å². The molecule has 31 heavy (non-hydrogen) atoms. The van der Waals surface area contributed by atoms with Gasteiger partial charge in [-0.1, -0.05) is 19.1 Å². The number of carbonyl (C=O) groups is 1. The van der Waals surface area contributed by atoms with Crippen LogP contribution in [0, 0.1) is 5.92 Å². The number of nitrogens with zero attached hydrogens (tertiary/aromatic N) is 5. The van der Waals surface area contributed by atoms with Crippen LogP contribution in [0.5, 0.6) is 5.88 Å². The third-order valence-corrected chi connectivity index (χ3v) is 6.41. The van der Waals surface area contributed by atoms with Crippen molar-refractivity contribution in [2.24, 2.45) is 13.0 Å². The minimum atomic E-state index is 0.0204. The van der Waals surface area contributed by atoms with Crippen molar-refractivity contribution in [3.63, 3.8) is 0 Å². The minimum absolute atomic E-state index is 0.0204. The third kappa shape index (κ3) is 4.24. The predicted octanol–water partition coefficient (Wildman–Crippen LogP) is 3.40. The van der Waals surface area contributed by atoms with Crippen molar-refractivity contribution in [1.29, 1.82) is 0 Å². The van der Waals surface area contributed by atoms with Crippen LogP contribution in [0.4, 0.5) is 5.69 Å². The first-order valence-corrected chi connectivity index (χ1v) is 11.0. The molecular weight excluding hydrogens is 392 g/mol. The molecule has 8 heteroatoms. The molecular formula is C23H32N6O2. The second-order valence-corrected chi connectivity index (χ2v) is 8.44. The van der Waals surface area contributed by atoms with Gasteiger partial charge in [0.15, 0.2) is 5.82 Å². The highest BCUT2D eigenvalue weighted by Crippen LogP contribution is 2.38. The van der Waals surface area contributed by atoms with Crippen molar-refractivity contribution in [3.8, 4) is 5.88 Å². The lowest BCUT2D eigenvalue weighted by atomic mass is 9.83. The number of amides is 1. The molecule has 2 aromatic rings. The van der Waals surface area contributed by atoms with Gasteiger partial charge in [0, 0.05) is 44.5 Å². The molecule has 3 heterocycles. The van der Waals surface area contributed by atoms with E-state index in [-0.39, 0.29) is 5.91 Å². The Kier molecular flexibility index (Phi) is 6.15. The van der Waals surface area contributed by atoms with E-state index < -0.39 is 0 Å². The molecule has 1 N–H and O–H groups in total. The number of likely N-dealkylation sites (tertiary alicyclic amines) is 1. The lowest BCUT2D eigenvalue weighted by Crippen LogP contribution is -2.28. The molecule has 166 valence electrons. The summed E-state index contributed by atoms with van der Waals surface area (Å²) < 4.78 is 9.49. The van der Waals surface area contributed by atoms with Crippen molar-refractivity contribution in [3.05, 3.63) is 42.6 Å². The fourth-order valence-corrected chi connectivity index (χ4v) is 4.50. The zero-order chi connectivity index (χ0) is 22.0. The number of methoxy groups -OCH3 is 1. The first kappa shape index (κ1) is 21.2. The number of hydrogen-bond acceptors (Lipinski definition) is 5. The average Bonchev–Trinajstić information content (AvgIpc) is 3.44. The van der Waals surface area contributed by atoms with Gasteiger partial charge >= 0.3 is 0 Å². The molecule has 2 aliphatic rings. The summed E-state index contributed by atoms with van der Waals surface area (Å²) in [6.45, 7) is 8.04. The molecule has 0 spiro atoms. The number of carbonyl (C=O) groups excluding carboxylic acids is 1. The number of aryl methyl sites for hydroxylation is 1. The number of hydrogen-bond donors (Lipinski definition) is 1. The van der Waals surface area contributed by atoms with E-state index >= 15 is 0 Å². The molecule has 1 unspecified atom stereocenters. The van der Waals surface area contributed by atoms with Gasteiger partial charge in [-0.15, -0.1) is 5.10 Å². The van der Waals surface area contributed by atoms with Crippen LogP contribution < -0.4 is 10.1 Å². The quantitative estimate of drug-likeness (QED) is 0.657. The van der Waals surface area contributed by atoms with Gasteiger partial charge < -0.3 is 19.5 Å². The van der Waals surface area contributed by atoms with Gasteiger partial charge in [-0.25, -0.2) is 4.98 Å². The fourth-order valence-electron chi connectivity index (χ4n) is 4.50. The molecule has 2 fully saturated rings. The van der Waals surface area contributed by atoms with E-state index in [2.05, 4.69) is 21.6 Å². The maximum Gasteiger partial charge on any atom is 0.256 e. The Morgan fingerprint density at radius 3 is 2.84 bits per heavy atom. The van der Waals surface area contributed by atoms with Crippen LogP contribution in [0.25, 0.3) is 5.70 Å². The molecule has 1 atom stereocenters. The maximum absolute atomic E-state index is 12.0. The van der Waals surface area contributed by atoms with E-state index in [1.54, 1.807) is 11.8 Å². The smallest absolute Gasteiger partial charge is 0.256 e. The Morgan fingerprint density at radius 2 is 2.19 bits per heavy atom. The summed E-state index contributed by atoms with van der Waals surface area (Å²) in [7, 11) is 3.49. The Morgan fingerprint density at radius 1 is 1.39 bits per heavy atom. The molecule has 0 radical (unpaired) electrons. The predicted molar refractivity (Wildman–Crippen MR) is 121 cm³/mol. The Balaban J connectivity index is 1.60. The van der Waals surface area contributed by atoms with E-state index in [1.165, 1.54) is 31.0 Å². The van der Waals surface area contributed by atoms with Crippen LogP contribution in [0.1, 0.15) is 50.0 Å². The van der Waals surface area contributed by atoms with Crippen LogP contribution in [0.3, 0.4) is 0 Å². The number of nitrogens with one attached hydrogen (secondary N) is 1. The monoisotopic (exact) mass is 424 g/mol. The number of aromatic nitrogens is 4. The highest BCUT2D eigenvalue weighted by Gasteiger charge is 2.30. The van der Waals surface area contributed by atoms with Crippen molar-refractivity contribution >= 4 is 17.3 Å². The van der Waals surface area contributed by atoms with Gasteiger partial charge in [0.2, 0.25) is 5.91 Å². The molecule has 1 aliphatic carbocycles. The molecule has 2 aromatic heterocycles. The van der Waals surface area contributed by atoms with Crippen molar-refractivity contribution < 1.29 is 9.53 Å². The minimum Gasteiger partial charge on any atom is -0.478 e. The second kappa shape index (κ2) is 8.99. The van der Waals surface area contributed by atoms with Crippen LogP contribution >= 0.6 is 0 Å². The standard InChI is InChI=1S/C23H32N6O2/c1-5-18(25-19-15-27(3)26-23(19)31-4)22-24-12-20(17-8-7-9-17)29(22)14-16-10-11-28(13-16)21(30)6-2/h5-6,12,15-17,25H,2,7-11,13-14H2,1,3-4H3/b18-5+. The average molecular weight is 425 g/mol. The van der Waals surface area contributed by atoms with Gasteiger partial charge in [-0.05, 0) is 38.2 Å². The van der Waals surface area contributed by atoms with Crippen molar-refractivity contribution in [1.82, 2.24) is 24.2 Å². The number of allylic oxidation sites excluding steroid dienone is 1. The zero-order valence-electron chi connectivity index (χ0n) is 18.7. The topological polar surface area (TPSA) is 77.2 Å². The second-order valence-electron chi connectivity index (χ2n) is 8.44. The van der Waals surface area contributed by atoms with E-state index in [0.717, 1.165) is 43.3 Å². The van der Waals surface area contributed by atoms with E-state index in [9.17, 15) is 4.79 Å². The summed E-state index contributed by atoms with van der Waals surface area (Å²) in [5, 5.41) is 7.80. The molecule has 1 amide bonds. The van der Waals surface area contributed by atoms with E-state index in [4.69, 9.17) is 9.72 Å². The molecule has 1 aliphatic heterocycles. The highest BCUT2D eigenvalue weighted by molar-refractivity contribution is 5.87. The summed E-state index contributed by atoms with van der Waals surface area (Å²) in [5.74, 6) is 2.46. The van der Waals surface area contributed by atoms with Gasteiger partial charge in [-0.3, -0.25) is 9.48 Å². The summed E-state index contributed by atoms with van der Waals surface area (Å²) >= 11 is 0. The number of rotatable bonds is 8. The molecule has 1 saturated carbocycles. The van der Waals surface area contributed by atoms with Crippen molar-refractivity contribution in [2.45, 2.75) is 45.1 Å². The van der Waals surface area contributed by atoms with Gasteiger partial charge in [0.05, 0.1) is 19.0 Å². The number of ether oxygens (including phenoxy) is 1. The third-order valence-electron chi connectivity index (χ3n) is 6.41. The maximum atomic E-state index is 12.0. The van der Waals surface area contributed by atoms with Crippen LogP contribution in [-0.4, -0.2) is 50.3 Å². The number of anilines is 1. The summed E-state index contributed by atoms with van der Waals surface area (Å²) in [6.07, 6.45) is 12.1. The largest absolute Gasteiger partial charge is 0.478 e. The Hall–Kier alpha value is -3.03. The summed E-state index contributed by atoms with van der Waals surface area (Å²) in [6, 6.07) is 0. The van der Waals surface area contributed by atoms with Gasteiger partial charge in [0.1, 0.15) is 5.69 Å². The molecule has 8 nitrogen and oxygen atoms in total.